The zero-order chi connectivity index (χ0) is 36.9. The molecule has 0 aliphatic heterocycles. The Balaban J connectivity index is -0.0000000889. The van der Waals surface area contributed by atoms with Crippen LogP contribution in [0, 0.1) is 0 Å². The van der Waals surface area contributed by atoms with Crippen molar-refractivity contribution < 1.29 is 141 Å². The van der Waals surface area contributed by atoms with Crippen molar-refractivity contribution in [1.29, 1.82) is 0 Å². The third-order valence-electron chi connectivity index (χ3n) is 3.07. The van der Waals surface area contributed by atoms with E-state index >= 15 is 0 Å². The van der Waals surface area contributed by atoms with Crippen molar-refractivity contribution in [3.8, 4) is 0 Å². The predicted molar refractivity (Wildman–Crippen MR) is 172 cm³/mol. The number of carbonyl (C=O) groups is 8. The fourth-order valence-electron chi connectivity index (χ4n) is 2.07. The van der Waals surface area contributed by atoms with E-state index in [0.29, 0.717) is 0 Å². The van der Waals surface area contributed by atoms with Gasteiger partial charge in [-0.15, -0.1) is 40.3 Å². The van der Waals surface area contributed by atoms with E-state index in [0.717, 1.165) is 55.4 Å². The Bertz CT molecular complexity index is 1150. The molecule has 0 saturated heterocycles. The Morgan fingerprint density at radius 2 is 0.383 bits per heavy atom. The maximum atomic E-state index is 10.6. The van der Waals surface area contributed by atoms with Crippen molar-refractivity contribution in [3.05, 3.63) is 0 Å². The Kier molecular flexibility index (Phi) is 40.4. The molecule has 0 rings (SSSR count). The second kappa shape index (κ2) is 29.0. The number of rotatable bonds is 0. The summed E-state index contributed by atoms with van der Waals surface area (Å²) < 4.78 is 0. The second-order valence-electron chi connectivity index (χ2n) is 6.86. The van der Waals surface area contributed by atoms with Gasteiger partial charge in [-0.2, -0.15) is 0 Å². The van der Waals surface area contributed by atoms with Gasteiger partial charge in [-0.05, 0) is 0 Å². The fourth-order valence-corrected chi connectivity index (χ4v) is 21.3. The summed E-state index contributed by atoms with van der Waals surface area (Å²) in [5.41, 5.74) is -16.9. The molecule has 0 aromatic carbocycles. The first kappa shape index (κ1) is 65.5. The Hall–Kier alpha value is 3.62. The summed E-state index contributed by atoms with van der Waals surface area (Å²) in [6, 6.07) is 0. The molecule has 270 valence electrons. The molecular weight excluding hydrogens is 1120 g/mol. The SMILES string of the molecule is CC(=O)S(C(C)=O)=P([O-])([O-])[S-].CC(=O)S(C(C)=O)=P([O-])([O-])[S-].CC(=O)S(C(C)=O)=P([O-])([O-])[S-].CC(=O)S(C(C)=O)=P([O-])([O-])[S-].[Mo+4].[Mo+4].[Mo+4]. The summed E-state index contributed by atoms with van der Waals surface area (Å²) >= 11 is 16.1. The molecule has 0 atom stereocenters. The van der Waals surface area contributed by atoms with Gasteiger partial charge in [0.1, 0.15) is 0 Å². The van der Waals surface area contributed by atoms with E-state index in [-0.39, 0.29) is 63.2 Å². The van der Waals surface area contributed by atoms with Crippen LogP contribution in [-0.4, -0.2) is 40.9 Å². The average Bonchev–Trinajstić information content (AvgIpc) is 2.60. The minimum atomic E-state index is -4.23. The standard InChI is InChI=1S/4C4H6O4PS2.3Mo/c4*1-3(5)11(4(2)6)9(7,8)10;;;/h4*1-2H3;;;/q4*-3;3*+4. The van der Waals surface area contributed by atoms with E-state index < -0.39 is 104 Å². The number of hydrogen-bond acceptors (Lipinski definition) is 20. The Morgan fingerprint density at radius 1 is 0.319 bits per heavy atom. The third-order valence-corrected chi connectivity index (χ3v) is 26.1. The first-order valence-electron chi connectivity index (χ1n) is 10.2. The zero-order valence-corrected chi connectivity index (χ0v) is 40.9. The molecule has 47 heavy (non-hydrogen) atoms. The molecule has 0 saturated carbocycles. The molecule has 0 spiro atoms. The summed E-state index contributed by atoms with van der Waals surface area (Å²) in [7, 11) is -7.63. The van der Waals surface area contributed by atoms with Gasteiger partial charge in [-0.1, -0.05) is 0 Å². The van der Waals surface area contributed by atoms with Gasteiger partial charge in [0.15, 0.2) is 40.9 Å². The van der Waals surface area contributed by atoms with Crippen LogP contribution < -0.4 is 39.1 Å². The van der Waals surface area contributed by atoms with Crippen molar-refractivity contribution in [3.63, 3.8) is 0 Å². The number of hydrogen-bond donors (Lipinski definition) is 0. The minimum Gasteiger partial charge on any atom is -0.853 e. The summed E-state index contributed by atoms with van der Waals surface area (Å²) in [5, 5.41) is -5.51. The van der Waals surface area contributed by atoms with E-state index in [1.165, 1.54) is 0 Å². The molecule has 0 N–H and O–H groups in total. The van der Waals surface area contributed by atoms with Gasteiger partial charge in [0, 0.05) is 55.4 Å². The van der Waals surface area contributed by atoms with Crippen LogP contribution in [0.2, 0.25) is 0 Å². The molecular formula is C16H24Mo3O16P4S8. The molecule has 0 aliphatic rings. The predicted octanol–water partition coefficient (Wildman–Crippen LogP) is -5.44. The van der Waals surface area contributed by atoms with E-state index in [1.54, 1.807) is 0 Å². The van der Waals surface area contributed by atoms with Gasteiger partial charge in [0.25, 0.3) is 0 Å². The van der Waals surface area contributed by atoms with Crippen LogP contribution in [-0.2, 0) is 191 Å². The maximum Gasteiger partial charge on any atom is 4.00 e. The fraction of sp³-hybridized carbons (Fsp3) is 0.500. The molecule has 0 aromatic heterocycles. The summed E-state index contributed by atoms with van der Waals surface area (Å²) in [6.45, 7) is 8.34. The smallest absolute Gasteiger partial charge is 0.853 e. The van der Waals surface area contributed by atoms with Crippen molar-refractivity contribution in [1.82, 2.24) is 0 Å². The van der Waals surface area contributed by atoms with Crippen LogP contribution in [0.1, 0.15) is 55.4 Å². The molecule has 0 aliphatic carbocycles. The van der Waals surface area contributed by atoms with Crippen molar-refractivity contribution >= 4 is 153 Å². The van der Waals surface area contributed by atoms with Crippen molar-refractivity contribution in [2.75, 3.05) is 0 Å². The quantitative estimate of drug-likeness (QED) is 0.124. The van der Waals surface area contributed by atoms with Crippen LogP contribution >= 0.6 is 22.8 Å². The summed E-state index contributed by atoms with van der Waals surface area (Å²) in [6.07, 6.45) is 0. The first-order valence-corrected chi connectivity index (χ1v) is 28.1. The molecule has 0 amide bonds. The average molecular weight is 1140 g/mol. The van der Waals surface area contributed by atoms with E-state index in [4.69, 9.17) is 0 Å². The zero-order valence-electron chi connectivity index (χ0n) is 24.8. The van der Waals surface area contributed by atoms with Crippen LogP contribution in [0.3, 0.4) is 0 Å². The summed E-state index contributed by atoms with van der Waals surface area (Å²) in [4.78, 5) is 170. The maximum absolute atomic E-state index is 10.6. The minimum absolute atomic E-state index is 0. The van der Waals surface area contributed by atoms with Crippen molar-refractivity contribution in [2.45, 2.75) is 55.4 Å². The molecule has 0 bridgehead atoms. The van der Waals surface area contributed by atoms with Gasteiger partial charge in [-0.3, -0.25) is 38.4 Å². The Labute approximate surface area is 345 Å². The third kappa shape index (κ3) is 31.7. The second-order valence-corrected chi connectivity index (χ2v) is 36.0. The molecule has 0 unspecified atom stereocenters. The molecule has 0 radical (unpaired) electrons. The molecule has 31 heteroatoms. The van der Waals surface area contributed by atoms with Gasteiger partial charge in [-0.25, -0.2) is 0 Å². The topological polar surface area (TPSA) is 321 Å². The largest absolute Gasteiger partial charge is 4.00 e. The monoisotopic (exact) mass is 1150 g/mol. The number of carbonyl (C=O) groups excluding carboxylic acids is 8. The molecule has 16 nitrogen and oxygen atoms in total. The van der Waals surface area contributed by atoms with Crippen LogP contribution in [0.4, 0.5) is 0 Å². The van der Waals surface area contributed by atoms with E-state index in [1.807, 2.05) is 0 Å². The van der Waals surface area contributed by atoms with Crippen LogP contribution in [0.5, 0.6) is 0 Å². The molecule has 0 heterocycles. The molecule has 0 aromatic rings. The Morgan fingerprint density at radius 3 is 0.383 bits per heavy atom. The normalized spacial score (nSPS) is 11.1. The van der Waals surface area contributed by atoms with Crippen LogP contribution in [0.15, 0.2) is 0 Å². The van der Waals surface area contributed by atoms with Crippen LogP contribution in [0.25, 0.3) is 0 Å². The van der Waals surface area contributed by atoms with E-state index in [2.05, 4.69) is 49.0 Å². The van der Waals surface area contributed by atoms with Gasteiger partial charge in [0.05, 0.1) is 0 Å². The molecule has 0 fully saturated rings. The van der Waals surface area contributed by atoms with Gasteiger partial charge in [0.2, 0.25) is 0 Å². The first-order chi connectivity index (χ1) is 19.1. The summed E-state index contributed by atoms with van der Waals surface area (Å²) in [5.74, 6) is 0. The van der Waals surface area contributed by atoms with Gasteiger partial charge < -0.3 is 111 Å². The van der Waals surface area contributed by atoms with E-state index in [9.17, 15) is 77.5 Å². The van der Waals surface area contributed by atoms with Crippen molar-refractivity contribution in [2.24, 2.45) is 0 Å². The van der Waals surface area contributed by atoms with Gasteiger partial charge >= 0.3 is 63.2 Å².